The highest BCUT2D eigenvalue weighted by atomic mass is 32.2. The summed E-state index contributed by atoms with van der Waals surface area (Å²) >= 11 is 0. The molecule has 0 saturated heterocycles. The van der Waals surface area contributed by atoms with Crippen molar-refractivity contribution in [3.05, 3.63) is 95.6 Å². The summed E-state index contributed by atoms with van der Waals surface area (Å²) < 4.78 is 23.7. The SMILES string of the molecule is COc1ccc(S(=O)Cc2nc(-c3ccc(C(=O)NCc4cccnc4)cc3)oc2C)cc1. The average molecular weight is 462 g/mol. The Balaban J connectivity index is 1.41. The van der Waals surface area contributed by atoms with Crippen molar-refractivity contribution < 1.29 is 18.2 Å². The molecular formula is C25H23N3O4S. The number of aryl methyl sites for hydroxylation is 1. The topological polar surface area (TPSA) is 94.3 Å². The first-order chi connectivity index (χ1) is 16.0. The highest BCUT2D eigenvalue weighted by Gasteiger charge is 2.16. The van der Waals surface area contributed by atoms with Crippen molar-refractivity contribution in [2.24, 2.45) is 0 Å². The third-order valence-corrected chi connectivity index (χ3v) is 6.39. The molecule has 0 saturated carbocycles. The molecule has 33 heavy (non-hydrogen) atoms. The smallest absolute Gasteiger partial charge is 0.251 e. The zero-order valence-electron chi connectivity index (χ0n) is 18.3. The van der Waals surface area contributed by atoms with Crippen LogP contribution in [0.15, 0.2) is 82.4 Å². The second kappa shape index (κ2) is 10.2. The van der Waals surface area contributed by atoms with E-state index in [1.165, 1.54) is 0 Å². The van der Waals surface area contributed by atoms with Crippen molar-refractivity contribution in [1.82, 2.24) is 15.3 Å². The van der Waals surface area contributed by atoms with Gasteiger partial charge >= 0.3 is 0 Å². The van der Waals surface area contributed by atoms with Crippen LogP contribution in [0.5, 0.6) is 5.75 Å². The first-order valence-corrected chi connectivity index (χ1v) is 11.6. The van der Waals surface area contributed by atoms with Crippen molar-refractivity contribution in [2.75, 3.05) is 7.11 Å². The van der Waals surface area contributed by atoms with E-state index < -0.39 is 10.8 Å². The Kier molecular flexibility index (Phi) is 6.95. The van der Waals surface area contributed by atoms with Gasteiger partial charge in [0.25, 0.3) is 5.91 Å². The lowest BCUT2D eigenvalue weighted by Crippen LogP contribution is -2.22. The second-order valence-electron chi connectivity index (χ2n) is 7.31. The Morgan fingerprint density at radius 2 is 1.85 bits per heavy atom. The van der Waals surface area contributed by atoms with Gasteiger partial charge in [-0.1, -0.05) is 6.07 Å². The van der Waals surface area contributed by atoms with Gasteiger partial charge in [0.15, 0.2) is 0 Å². The maximum atomic E-state index is 12.7. The second-order valence-corrected chi connectivity index (χ2v) is 8.76. The number of hydrogen-bond acceptors (Lipinski definition) is 6. The quantitative estimate of drug-likeness (QED) is 0.421. The maximum Gasteiger partial charge on any atom is 0.251 e. The van der Waals surface area contributed by atoms with Crippen molar-refractivity contribution in [3.63, 3.8) is 0 Å². The summed E-state index contributed by atoms with van der Waals surface area (Å²) in [5.41, 5.74) is 2.84. The summed E-state index contributed by atoms with van der Waals surface area (Å²) in [6.07, 6.45) is 3.41. The number of carbonyl (C=O) groups excluding carboxylic acids is 1. The van der Waals surface area contributed by atoms with Crippen LogP contribution in [0.4, 0.5) is 0 Å². The molecule has 0 bridgehead atoms. The fraction of sp³-hybridized carbons (Fsp3) is 0.160. The average Bonchev–Trinajstić information content (AvgIpc) is 3.23. The van der Waals surface area contributed by atoms with Gasteiger partial charge in [0.05, 0.1) is 29.4 Å². The number of carbonyl (C=O) groups is 1. The van der Waals surface area contributed by atoms with Gasteiger partial charge in [0, 0.05) is 35.0 Å². The van der Waals surface area contributed by atoms with Crippen LogP contribution in [0.3, 0.4) is 0 Å². The van der Waals surface area contributed by atoms with Crippen molar-refractivity contribution >= 4 is 16.7 Å². The summed E-state index contributed by atoms with van der Waals surface area (Å²) in [4.78, 5) is 21.7. The Bertz CT molecular complexity index is 1250. The number of amides is 1. The first kappa shape index (κ1) is 22.4. The molecule has 168 valence electrons. The van der Waals surface area contributed by atoms with Crippen molar-refractivity contribution in [2.45, 2.75) is 24.1 Å². The zero-order chi connectivity index (χ0) is 23.2. The van der Waals surface area contributed by atoms with Crippen LogP contribution in [0.2, 0.25) is 0 Å². The van der Waals surface area contributed by atoms with E-state index in [2.05, 4.69) is 15.3 Å². The molecule has 0 aliphatic rings. The van der Waals surface area contributed by atoms with Crippen LogP contribution in [0.1, 0.15) is 27.4 Å². The number of nitrogens with zero attached hydrogens (tertiary/aromatic N) is 2. The summed E-state index contributed by atoms with van der Waals surface area (Å²) in [5.74, 6) is 1.83. The Morgan fingerprint density at radius 1 is 1.09 bits per heavy atom. The normalized spacial score (nSPS) is 11.7. The minimum absolute atomic E-state index is 0.176. The third-order valence-electron chi connectivity index (χ3n) is 5.05. The number of benzene rings is 2. The predicted octanol–water partition coefficient (Wildman–Crippen LogP) is 4.29. The van der Waals surface area contributed by atoms with Gasteiger partial charge in [-0.25, -0.2) is 4.98 Å². The Hall–Kier alpha value is -3.78. The van der Waals surface area contributed by atoms with E-state index in [4.69, 9.17) is 9.15 Å². The van der Waals surface area contributed by atoms with E-state index in [1.807, 2.05) is 12.1 Å². The molecule has 2 aromatic carbocycles. The van der Waals surface area contributed by atoms with Crippen LogP contribution in [0.25, 0.3) is 11.5 Å². The summed E-state index contributed by atoms with van der Waals surface area (Å²) in [6, 6.07) is 17.9. The molecule has 1 N–H and O–H groups in total. The molecule has 4 rings (SSSR count). The van der Waals surface area contributed by atoms with Gasteiger partial charge in [-0.15, -0.1) is 0 Å². The summed E-state index contributed by atoms with van der Waals surface area (Å²) in [6.45, 7) is 2.21. The lowest BCUT2D eigenvalue weighted by atomic mass is 10.1. The maximum absolute atomic E-state index is 12.7. The lowest BCUT2D eigenvalue weighted by molar-refractivity contribution is 0.0951. The largest absolute Gasteiger partial charge is 0.497 e. The van der Waals surface area contributed by atoms with Crippen LogP contribution in [0, 0.1) is 6.92 Å². The lowest BCUT2D eigenvalue weighted by Gasteiger charge is -2.05. The van der Waals surface area contributed by atoms with Gasteiger partial charge in [-0.2, -0.15) is 0 Å². The number of aromatic nitrogens is 2. The molecule has 2 aromatic heterocycles. The Morgan fingerprint density at radius 3 is 2.52 bits per heavy atom. The van der Waals surface area contributed by atoms with Crippen LogP contribution >= 0.6 is 0 Å². The molecule has 0 aliphatic heterocycles. The molecule has 1 amide bonds. The molecule has 0 radical (unpaired) electrons. The van der Waals surface area contributed by atoms with E-state index in [9.17, 15) is 9.00 Å². The fourth-order valence-electron chi connectivity index (χ4n) is 3.17. The highest BCUT2D eigenvalue weighted by Crippen LogP contribution is 2.24. The van der Waals surface area contributed by atoms with Gasteiger partial charge in [0.2, 0.25) is 5.89 Å². The van der Waals surface area contributed by atoms with Gasteiger partial charge in [0.1, 0.15) is 11.5 Å². The summed E-state index contributed by atoms with van der Waals surface area (Å²) in [5, 5.41) is 2.87. The van der Waals surface area contributed by atoms with Crippen LogP contribution in [-0.2, 0) is 23.1 Å². The molecule has 1 atom stereocenters. The minimum atomic E-state index is -1.26. The van der Waals surface area contributed by atoms with E-state index >= 15 is 0 Å². The Labute approximate surface area is 194 Å². The van der Waals surface area contributed by atoms with Crippen LogP contribution < -0.4 is 10.1 Å². The first-order valence-electron chi connectivity index (χ1n) is 10.3. The molecule has 0 spiro atoms. The zero-order valence-corrected chi connectivity index (χ0v) is 19.1. The molecule has 1 unspecified atom stereocenters. The number of methoxy groups -OCH3 is 1. The van der Waals surface area contributed by atoms with Crippen LogP contribution in [-0.4, -0.2) is 27.2 Å². The van der Waals surface area contributed by atoms with Gasteiger partial charge in [-0.05, 0) is 67.1 Å². The number of nitrogens with one attached hydrogen (secondary N) is 1. The number of pyridine rings is 1. The molecule has 4 aromatic rings. The minimum Gasteiger partial charge on any atom is -0.497 e. The number of hydrogen-bond donors (Lipinski definition) is 1. The van der Waals surface area contributed by atoms with Crippen molar-refractivity contribution in [1.29, 1.82) is 0 Å². The van der Waals surface area contributed by atoms with Gasteiger partial charge in [-0.3, -0.25) is 14.0 Å². The molecule has 2 heterocycles. The predicted molar refractivity (Wildman–Crippen MR) is 125 cm³/mol. The summed E-state index contributed by atoms with van der Waals surface area (Å²) in [7, 11) is 0.329. The van der Waals surface area contributed by atoms with Crippen molar-refractivity contribution in [3.8, 4) is 17.2 Å². The number of rotatable bonds is 8. The monoisotopic (exact) mass is 461 g/mol. The van der Waals surface area contributed by atoms with E-state index in [1.54, 1.807) is 75.0 Å². The molecule has 8 heteroatoms. The molecule has 7 nitrogen and oxygen atoms in total. The molecule has 0 aliphatic carbocycles. The number of ether oxygens (including phenoxy) is 1. The number of oxazole rings is 1. The van der Waals surface area contributed by atoms with E-state index in [0.29, 0.717) is 40.1 Å². The molecule has 0 fully saturated rings. The fourth-order valence-corrected chi connectivity index (χ4v) is 4.29. The molecular weight excluding hydrogens is 438 g/mol. The standard InChI is InChI=1S/C25H23N3O4S/c1-17-23(16-33(30)22-11-9-21(31-2)10-12-22)28-25(32-17)20-7-5-19(6-8-20)24(29)27-15-18-4-3-13-26-14-18/h3-14H,15-16H2,1-2H3,(H,27,29). The van der Waals surface area contributed by atoms with E-state index in [0.717, 1.165) is 11.1 Å². The van der Waals surface area contributed by atoms with Gasteiger partial charge < -0.3 is 14.5 Å². The third kappa shape index (κ3) is 5.53. The van der Waals surface area contributed by atoms with E-state index in [-0.39, 0.29) is 11.7 Å². The highest BCUT2D eigenvalue weighted by molar-refractivity contribution is 7.84.